The maximum absolute atomic E-state index is 14.2. The van der Waals surface area contributed by atoms with Gasteiger partial charge in [-0.05, 0) is 45.9 Å². The number of benzene rings is 1. The van der Waals surface area contributed by atoms with Crippen LogP contribution >= 0.6 is 0 Å². The SMILES string of the molecule is CN(C)CC1CCN(Cc2cccc(CN)c2F)CC1. The van der Waals surface area contributed by atoms with Crippen molar-refractivity contribution in [1.82, 2.24) is 9.80 Å². The van der Waals surface area contributed by atoms with Crippen LogP contribution in [0.4, 0.5) is 4.39 Å². The third-order valence-corrected chi connectivity index (χ3v) is 4.10. The van der Waals surface area contributed by atoms with E-state index >= 15 is 0 Å². The monoisotopic (exact) mass is 279 g/mol. The van der Waals surface area contributed by atoms with Gasteiger partial charge >= 0.3 is 0 Å². The van der Waals surface area contributed by atoms with Crippen molar-refractivity contribution >= 4 is 0 Å². The third-order valence-electron chi connectivity index (χ3n) is 4.10. The lowest BCUT2D eigenvalue weighted by atomic mass is 9.96. The first kappa shape index (κ1) is 15.4. The number of nitrogens with two attached hydrogens (primary N) is 1. The van der Waals surface area contributed by atoms with Crippen molar-refractivity contribution in [1.29, 1.82) is 0 Å². The van der Waals surface area contributed by atoms with Crippen LogP contribution < -0.4 is 5.73 Å². The first-order valence-corrected chi connectivity index (χ1v) is 7.43. The number of rotatable bonds is 5. The quantitative estimate of drug-likeness (QED) is 0.895. The highest BCUT2D eigenvalue weighted by Gasteiger charge is 2.20. The summed E-state index contributed by atoms with van der Waals surface area (Å²) in [6.07, 6.45) is 2.41. The zero-order valence-corrected chi connectivity index (χ0v) is 12.6. The number of piperidine rings is 1. The smallest absolute Gasteiger partial charge is 0.132 e. The first-order chi connectivity index (χ1) is 9.60. The van der Waals surface area contributed by atoms with Gasteiger partial charge in [-0.3, -0.25) is 4.90 Å². The molecule has 0 amide bonds. The summed E-state index contributed by atoms with van der Waals surface area (Å²) in [5.41, 5.74) is 6.95. The summed E-state index contributed by atoms with van der Waals surface area (Å²) in [6, 6.07) is 5.54. The maximum atomic E-state index is 14.2. The van der Waals surface area contributed by atoms with Gasteiger partial charge in [-0.15, -0.1) is 0 Å². The molecule has 1 aliphatic heterocycles. The lowest BCUT2D eigenvalue weighted by Gasteiger charge is -2.33. The van der Waals surface area contributed by atoms with Gasteiger partial charge in [-0.2, -0.15) is 0 Å². The van der Waals surface area contributed by atoms with Crippen LogP contribution in [-0.2, 0) is 13.1 Å². The molecule has 20 heavy (non-hydrogen) atoms. The van der Waals surface area contributed by atoms with E-state index in [4.69, 9.17) is 5.73 Å². The van der Waals surface area contributed by atoms with Crippen molar-refractivity contribution in [2.75, 3.05) is 33.7 Å². The fraction of sp³-hybridized carbons (Fsp3) is 0.625. The Morgan fingerprint density at radius 3 is 2.50 bits per heavy atom. The Balaban J connectivity index is 1.90. The minimum Gasteiger partial charge on any atom is -0.326 e. The average molecular weight is 279 g/mol. The van der Waals surface area contributed by atoms with E-state index in [1.807, 2.05) is 12.1 Å². The molecule has 0 saturated carbocycles. The Morgan fingerprint density at radius 1 is 1.25 bits per heavy atom. The van der Waals surface area contributed by atoms with Crippen LogP contribution in [0.25, 0.3) is 0 Å². The van der Waals surface area contributed by atoms with E-state index in [-0.39, 0.29) is 12.4 Å². The summed E-state index contributed by atoms with van der Waals surface area (Å²) in [5, 5.41) is 0. The van der Waals surface area contributed by atoms with Gasteiger partial charge in [0.2, 0.25) is 0 Å². The number of halogens is 1. The largest absolute Gasteiger partial charge is 0.326 e. The van der Waals surface area contributed by atoms with Gasteiger partial charge in [0.1, 0.15) is 5.82 Å². The lowest BCUT2D eigenvalue weighted by molar-refractivity contribution is 0.155. The van der Waals surface area contributed by atoms with Crippen molar-refractivity contribution in [2.45, 2.75) is 25.9 Å². The predicted octanol–water partition coefficient (Wildman–Crippen LogP) is 2.06. The zero-order valence-electron chi connectivity index (χ0n) is 12.6. The fourth-order valence-electron chi connectivity index (χ4n) is 3.00. The van der Waals surface area contributed by atoms with E-state index in [1.54, 1.807) is 6.07 Å². The summed E-state index contributed by atoms with van der Waals surface area (Å²) < 4.78 is 14.2. The molecule has 1 aromatic rings. The van der Waals surface area contributed by atoms with Crippen molar-refractivity contribution < 1.29 is 4.39 Å². The number of likely N-dealkylation sites (tertiary alicyclic amines) is 1. The van der Waals surface area contributed by atoms with E-state index in [1.165, 1.54) is 12.8 Å². The van der Waals surface area contributed by atoms with Crippen LogP contribution in [0, 0.1) is 11.7 Å². The topological polar surface area (TPSA) is 32.5 Å². The molecule has 0 aliphatic carbocycles. The Morgan fingerprint density at radius 2 is 1.90 bits per heavy atom. The van der Waals surface area contributed by atoms with Gasteiger partial charge in [0, 0.05) is 30.8 Å². The van der Waals surface area contributed by atoms with E-state index in [2.05, 4.69) is 23.9 Å². The van der Waals surface area contributed by atoms with Crippen molar-refractivity contribution in [2.24, 2.45) is 11.7 Å². The minimum absolute atomic E-state index is 0.120. The average Bonchev–Trinajstić information content (AvgIpc) is 2.43. The highest BCUT2D eigenvalue weighted by molar-refractivity contribution is 5.25. The Bertz CT molecular complexity index is 426. The molecule has 0 spiro atoms. The predicted molar refractivity (Wildman–Crippen MR) is 80.8 cm³/mol. The Kier molecular flexibility index (Phi) is 5.52. The van der Waals surface area contributed by atoms with Crippen molar-refractivity contribution in [3.8, 4) is 0 Å². The van der Waals surface area contributed by atoms with Crippen LogP contribution in [0.5, 0.6) is 0 Å². The van der Waals surface area contributed by atoms with Gasteiger partial charge in [-0.1, -0.05) is 18.2 Å². The Labute approximate surface area is 121 Å². The lowest BCUT2D eigenvalue weighted by Crippen LogP contribution is -2.36. The first-order valence-electron chi connectivity index (χ1n) is 7.43. The summed E-state index contributed by atoms with van der Waals surface area (Å²) >= 11 is 0. The molecule has 1 aromatic carbocycles. The fourth-order valence-corrected chi connectivity index (χ4v) is 3.00. The molecular formula is C16H26FN3. The summed E-state index contributed by atoms with van der Waals surface area (Å²) in [6.45, 7) is 4.25. The molecule has 4 heteroatoms. The van der Waals surface area contributed by atoms with Crippen LogP contribution in [0.1, 0.15) is 24.0 Å². The van der Waals surface area contributed by atoms with Gasteiger partial charge < -0.3 is 10.6 Å². The second-order valence-electron chi connectivity index (χ2n) is 6.08. The second kappa shape index (κ2) is 7.16. The van der Waals surface area contributed by atoms with Crippen molar-refractivity contribution in [3.63, 3.8) is 0 Å². The molecular weight excluding hydrogens is 253 g/mol. The molecule has 0 radical (unpaired) electrons. The highest BCUT2D eigenvalue weighted by Crippen LogP contribution is 2.21. The van der Waals surface area contributed by atoms with Gasteiger partial charge in [-0.25, -0.2) is 4.39 Å². The molecule has 3 nitrogen and oxygen atoms in total. The minimum atomic E-state index is -0.120. The molecule has 1 fully saturated rings. The highest BCUT2D eigenvalue weighted by atomic mass is 19.1. The van der Waals surface area contributed by atoms with E-state index < -0.39 is 0 Å². The standard InChI is InChI=1S/C16H26FN3/c1-19(2)11-13-6-8-20(9-7-13)12-15-5-3-4-14(10-18)16(15)17/h3-5,13H,6-12,18H2,1-2H3. The number of hydrogen-bond acceptors (Lipinski definition) is 3. The van der Waals surface area contributed by atoms with Crippen LogP contribution in [0.3, 0.4) is 0 Å². The number of nitrogens with zero attached hydrogens (tertiary/aromatic N) is 2. The van der Waals surface area contributed by atoms with E-state index in [0.29, 0.717) is 12.1 Å². The van der Waals surface area contributed by atoms with Crippen LogP contribution in [-0.4, -0.2) is 43.5 Å². The van der Waals surface area contributed by atoms with Gasteiger partial charge in [0.15, 0.2) is 0 Å². The molecule has 2 N–H and O–H groups in total. The zero-order chi connectivity index (χ0) is 14.5. The summed E-state index contributed by atoms with van der Waals surface area (Å²) in [7, 11) is 4.25. The molecule has 2 rings (SSSR count). The van der Waals surface area contributed by atoms with E-state index in [0.717, 1.165) is 31.1 Å². The van der Waals surface area contributed by atoms with Crippen LogP contribution in [0.15, 0.2) is 18.2 Å². The third kappa shape index (κ3) is 4.01. The molecule has 0 unspecified atom stereocenters. The number of hydrogen-bond donors (Lipinski definition) is 1. The maximum Gasteiger partial charge on any atom is 0.132 e. The Hall–Kier alpha value is -0.970. The van der Waals surface area contributed by atoms with Crippen molar-refractivity contribution in [3.05, 3.63) is 35.1 Å². The molecule has 0 bridgehead atoms. The molecule has 0 atom stereocenters. The molecule has 1 saturated heterocycles. The molecule has 1 aliphatic rings. The van der Waals surface area contributed by atoms with Gasteiger partial charge in [0.05, 0.1) is 0 Å². The normalized spacial score (nSPS) is 17.9. The molecule has 112 valence electrons. The summed E-state index contributed by atoms with van der Waals surface area (Å²) in [4.78, 5) is 4.61. The second-order valence-corrected chi connectivity index (χ2v) is 6.08. The summed E-state index contributed by atoms with van der Waals surface area (Å²) in [5.74, 6) is 0.659. The molecule has 0 aromatic heterocycles. The van der Waals surface area contributed by atoms with Crippen LogP contribution in [0.2, 0.25) is 0 Å². The van der Waals surface area contributed by atoms with Gasteiger partial charge in [0.25, 0.3) is 0 Å². The van der Waals surface area contributed by atoms with E-state index in [9.17, 15) is 4.39 Å². The molecule has 1 heterocycles.